The minimum Gasteiger partial charge on any atom is -0.381 e. The lowest BCUT2D eigenvalue weighted by Gasteiger charge is -2.33. The summed E-state index contributed by atoms with van der Waals surface area (Å²) in [5, 5.41) is 4.54. The summed E-state index contributed by atoms with van der Waals surface area (Å²) in [7, 11) is 1.80. The topological polar surface area (TPSA) is 43.4 Å². The summed E-state index contributed by atoms with van der Waals surface area (Å²) in [5.74, 6) is 0. The van der Waals surface area contributed by atoms with Gasteiger partial charge in [-0.25, -0.2) is 4.98 Å². The zero-order valence-electron chi connectivity index (χ0n) is 10.1. The third-order valence-corrected chi connectivity index (χ3v) is 4.97. The Bertz CT molecular complexity index is 376. The van der Waals surface area contributed by atoms with E-state index in [1.54, 1.807) is 7.11 Å². The van der Waals surface area contributed by atoms with Crippen molar-refractivity contribution in [2.45, 2.75) is 31.4 Å². The van der Waals surface area contributed by atoms with Crippen LogP contribution in [0.1, 0.15) is 28.4 Å². The van der Waals surface area contributed by atoms with Crippen LogP contribution in [0.5, 0.6) is 0 Å². The molecule has 0 atom stereocenters. The van der Waals surface area contributed by atoms with Gasteiger partial charge >= 0.3 is 0 Å². The van der Waals surface area contributed by atoms with Gasteiger partial charge in [0.2, 0.25) is 0 Å². The van der Waals surface area contributed by atoms with E-state index in [1.807, 2.05) is 11.3 Å². The van der Waals surface area contributed by atoms with Crippen LogP contribution in [0.15, 0.2) is 0 Å². The van der Waals surface area contributed by atoms with Gasteiger partial charge < -0.3 is 14.8 Å². The quantitative estimate of drug-likeness (QED) is 0.867. The largest absolute Gasteiger partial charge is 0.381 e. The summed E-state index contributed by atoms with van der Waals surface area (Å²) in [5.41, 5.74) is 1.08. The van der Waals surface area contributed by atoms with E-state index in [0.29, 0.717) is 0 Å². The van der Waals surface area contributed by atoms with E-state index in [4.69, 9.17) is 14.5 Å². The highest BCUT2D eigenvalue weighted by molar-refractivity contribution is 7.11. The Morgan fingerprint density at radius 3 is 2.94 bits per heavy atom. The molecule has 3 rings (SSSR count). The molecule has 0 spiro atoms. The van der Waals surface area contributed by atoms with Gasteiger partial charge in [-0.2, -0.15) is 0 Å². The molecule has 2 aliphatic heterocycles. The zero-order valence-corrected chi connectivity index (χ0v) is 10.9. The molecule has 1 N–H and O–H groups in total. The number of ether oxygens (including phenoxy) is 2. The molecular weight excluding hydrogens is 236 g/mol. The summed E-state index contributed by atoms with van der Waals surface area (Å²) >= 11 is 1.81. The molecule has 1 aromatic heterocycles. The molecule has 3 heterocycles. The van der Waals surface area contributed by atoms with Gasteiger partial charge in [0.1, 0.15) is 10.6 Å². The van der Waals surface area contributed by atoms with Gasteiger partial charge in [-0.1, -0.05) is 0 Å². The van der Waals surface area contributed by atoms with Gasteiger partial charge in [0.05, 0.1) is 5.69 Å². The summed E-state index contributed by atoms with van der Waals surface area (Å²) < 4.78 is 11.2. The van der Waals surface area contributed by atoms with Crippen LogP contribution in [-0.2, 0) is 28.0 Å². The molecule has 1 aromatic rings. The molecular formula is C12H18N2O2S. The highest BCUT2D eigenvalue weighted by atomic mass is 32.1. The maximum absolute atomic E-state index is 5.79. The summed E-state index contributed by atoms with van der Waals surface area (Å²) in [4.78, 5) is 6.20. The van der Waals surface area contributed by atoms with Crippen molar-refractivity contribution < 1.29 is 9.47 Å². The Hall–Kier alpha value is -0.490. The first-order valence-electron chi connectivity index (χ1n) is 6.17. The summed E-state index contributed by atoms with van der Waals surface area (Å²) in [6.07, 6.45) is 2.88. The van der Waals surface area contributed by atoms with Gasteiger partial charge in [-0.05, 0) is 0 Å². The van der Waals surface area contributed by atoms with Gasteiger partial charge in [0, 0.05) is 57.6 Å². The molecule has 0 aliphatic carbocycles. The lowest BCUT2D eigenvalue weighted by atomic mass is 9.95. The third kappa shape index (κ3) is 2.01. The van der Waals surface area contributed by atoms with Crippen molar-refractivity contribution in [3.05, 3.63) is 15.6 Å². The fourth-order valence-corrected chi connectivity index (χ4v) is 3.83. The van der Waals surface area contributed by atoms with E-state index in [2.05, 4.69) is 5.32 Å². The molecule has 1 saturated heterocycles. The summed E-state index contributed by atoms with van der Waals surface area (Å²) in [6, 6.07) is 0. The Labute approximate surface area is 105 Å². The van der Waals surface area contributed by atoms with E-state index >= 15 is 0 Å². The molecule has 0 radical (unpaired) electrons. The molecule has 2 aliphatic rings. The molecule has 1 fully saturated rings. The fourth-order valence-electron chi connectivity index (χ4n) is 2.53. The maximum atomic E-state index is 5.79. The van der Waals surface area contributed by atoms with Crippen LogP contribution in [-0.4, -0.2) is 31.9 Å². The van der Waals surface area contributed by atoms with Crippen LogP contribution in [0, 0.1) is 0 Å². The number of aromatic nitrogens is 1. The first-order chi connectivity index (χ1) is 8.34. The van der Waals surface area contributed by atoms with E-state index in [1.165, 1.54) is 10.6 Å². The zero-order chi connectivity index (χ0) is 11.7. The van der Waals surface area contributed by atoms with Crippen LogP contribution < -0.4 is 5.32 Å². The minimum atomic E-state index is -0.194. The van der Waals surface area contributed by atoms with Crippen molar-refractivity contribution >= 4 is 11.3 Å². The fraction of sp³-hybridized carbons (Fsp3) is 0.750. The van der Waals surface area contributed by atoms with E-state index in [9.17, 15) is 0 Å². The molecule has 0 bridgehead atoms. The maximum Gasteiger partial charge on any atom is 0.125 e. The van der Waals surface area contributed by atoms with Crippen LogP contribution >= 0.6 is 11.3 Å². The van der Waals surface area contributed by atoms with E-state index in [0.717, 1.165) is 50.6 Å². The Morgan fingerprint density at radius 1 is 1.41 bits per heavy atom. The molecule has 94 valence electrons. The SMILES string of the molecule is COC1(c2nc3c(s2)CNCC3)CCOCC1. The first-order valence-corrected chi connectivity index (χ1v) is 6.98. The number of rotatable bonds is 2. The first kappa shape index (κ1) is 11.6. The second-order valence-corrected chi connectivity index (χ2v) is 5.71. The third-order valence-electron chi connectivity index (χ3n) is 3.68. The van der Waals surface area contributed by atoms with E-state index < -0.39 is 0 Å². The minimum absolute atomic E-state index is 0.194. The number of nitrogens with zero attached hydrogens (tertiary/aromatic N) is 1. The number of hydrogen-bond donors (Lipinski definition) is 1. The lowest BCUT2D eigenvalue weighted by Crippen LogP contribution is -2.35. The van der Waals surface area contributed by atoms with Crippen molar-refractivity contribution in [1.82, 2.24) is 10.3 Å². The van der Waals surface area contributed by atoms with Gasteiger partial charge in [0.15, 0.2) is 0 Å². The van der Waals surface area contributed by atoms with Crippen LogP contribution in [0.3, 0.4) is 0 Å². The average molecular weight is 254 g/mol. The van der Waals surface area contributed by atoms with Crippen molar-refractivity contribution in [3.8, 4) is 0 Å². The highest BCUT2D eigenvalue weighted by Gasteiger charge is 2.38. The van der Waals surface area contributed by atoms with Gasteiger partial charge in [-0.15, -0.1) is 11.3 Å². The Balaban J connectivity index is 1.93. The Kier molecular flexibility index (Phi) is 3.17. The molecule has 4 nitrogen and oxygen atoms in total. The molecule has 0 aromatic carbocycles. The molecule has 5 heteroatoms. The number of hydrogen-bond acceptors (Lipinski definition) is 5. The summed E-state index contributed by atoms with van der Waals surface area (Å²) in [6.45, 7) is 3.55. The standard InChI is InChI=1S/C12H18N2O2S/c1-15-12(3-6-16-7-4-12)11-14-9-2-5-13-8-10(9)17-11/h13H,2-8H2,1H3. The predicted molar refractivity (Wildman–Crippen MR) is 66.3 cm³/mol. The Morgan fingerprint density at radius 2 is 2.24 bits per heavy atom. The number of fused-ring (bicyclic) bond motifs is 1. The van der Waals surface area contributed by atoms with Crippen molar-refractivity contribution in [2.24, 2.45) is 0 Å². The van der Waals surface area contributed by atoms with E-state index in [-0.39, 0.29) is 5.60 Å². The number of methoxy groups -OCH3 is 1. The highest BCUT2D eigenvalue weighted by Crippen LogP contribution is 2.39. The number of thiazole rings is 1. The van der Waals surface area contributed by atoms with Crippen molar-refractivity contribution in [3.63, 3.8) is 0 Å². The van der Waals surface area contributed by atoms with Crippen molar-refractivity contribution in [2.75, 3.05) is 26.9 Å². The monoisotopic (exact) mass is 254 g/mol. The molecule has 17 heavy (non-hydrogen) atoms. The lowest BCUT2D eigenvalue weighted by molar-refractivity contribution is -0.0948. The van der Waals surface area contributed by atoms with Crippen molar-refractivity contribution in [1.29, 1.82) is 0 Å². The average Bonchev–Trinajstić information content (AvgIpc) is 2.84. The van der Waals surface area contributed by atoms with Crippen LogP contribution in [0.25, 0.3) is 0 Å². The number of nitrogens with one attached hydrogen (secondary N) is 1. The normalized spacial score (nSPS) is 23.4. The molecule has 0 unspecified atom stereocenters. The predicted octanol–water partition coefficient (Wildman–Crippen LogP) is 1.44. The molecule has 0 amide bonds. The molecule has 0 saturated carbocycles. The van der Waals surface area contributed by atoms with Crippen LogP contribution in [0.2, 0.25) is 0 Å². The second-order valence-electron chi connectivity index (χ2n) is 4.63. The second kappa shape index (κ2) is 4.65. The van der Waals surface area contributed by atoms with Gasteiger partial charge in [-0.3, -0.25) is 0 Å². The smallest absolute Gasteiger partial charge is 0.125 e. The van der Waals surface area contributed by atoms with Gasteiger partial charge in [0.25, 0.3) is 0 Å². The van der Waals surface area contributed by atoms with Crippen LogP contribution in [0.4, 0.5) is 0 Å².